The Bertz CT molecular complexity index is 541. The highest BCUT2D eigenvalue weighted by Crippen LogP contribution is 2.00. The lowest BCUT2D eigenvalue weighted by molar-refractivity contribution is -0.130. The summed E-state index contributed by atoms with van der Waals surface area (Å²) in [6.45, 7) is 1.38. The summed E-state index contributed by atoms with van der Waals surface area (Å²) < 4.78 is 0. The second-order valence-electron chi connectivity index (χ2n) is 4.32. The number of likely N-dealkylation sites (N-methyl/N-ethyl adjacent to an activating group) is 1. The molecule has 0 aliphatic rings. The number of carbonyl (C=O) groups excluding carboxylic acids is 2. The third-order valence-electron chi connectivity index (χ3n) is 2.47. The number of rotatable bonds is 3. The van der Waals surface area contributed by atoms with Crippen molar-refractivity contribution in [1.29, 1.82) is 0 Å². The Hall–Kier alpha value is -2.39. The van der Waals surface area contributed by atoms with Crippen LogP contribution in [-0.4, -0.2) is 53.5 Å². The Morgan fingerprint density at radius 2 is 2.15 bits per heavy atom. The van der Waals surface area contributed by atoms with Crippen LogP contribution in [0.25, 0.3) is 0 Å². The van der Waals surface area contributed by atoms with Crippen LogP contribution in [0.2, 0.25) is 0 Å². The maximum absolute atomic E-state index is 11.9. The number of aromatic nitrogens is 1. The Morgan fingerprint density at radius 3 is 2.65 bits per heavy atom. The van der Waals surface area contributed by atoms with Crippen molar-refractivity contribution in [1.82, 2.24) is 15.2 Å². The number of pyridine rings is 1. The van der Waals surface area contributed by atoms with E-state index in [4.69, 9.17) is 5.11 Å². The quantitative estimate of drug-likeness (QED) is 0.738. The molecule has 20 heavy (non-hydrogen) atoms. The highest BCUT2D eigenvalue weighted by Gasteiger charge is 2.18. The lowest BCUT2D eigenvalue weighted by atomic mass is 10.2. The zero-order chi connectivity index (χ0) is 15.1. The molecule has 0 saturated carbocycles. The summed E-state index contributed by atoms with van der Waals surface area (Å²) in [5.41, 5.74) is 0.811. The first-order chi connectivity index (χ1) is 9.45. The smallest absolute Gasteiger partial charge is 0.270 e. The SMILES string of the molecule is CC(NC(=O)c1ccc(C#CCO)cn1)C(=O)N(C)C. The van der Waals surface area contributed by atoms with Crippen molar-refractivity contribution in [2.24, 2.45) is 0 Å². The van der Waals surface area contributed by atoms with E-state index in [9.17, 15) is 9.59 Å². The van der Waals surface area contributed by atoms with Gasteiger partial charge in [0.2, 0.25) is 5.91 Å². The molecule has 6 heteroatoms. The van der Waals surface area contributed by atoms with Gasteiger partial charge < -0.3 is 15.3 Å². The second-order valence-corrected chi connectivity index (χ2v) is 4.32. The average Bonchev–Trinajstić information content (AvgIpc) is 2.44. The number of hydrogen-bond donors (Lipinski definition) is 2. The number of aliphatic hydroxyl groups is 1. The number of aliphatic hydroxyl groups excluding tert-OH is 1. The lowest BCUT2D eigenvalue weighted by Gasteiger charge is -2.17. The Balaban J connectivity index is 2.71. The number of amides is 2. The summed E-state index contributed by atoms with van der Waals surface area (Å²) in [4.78, 5) is 28.9. The van der Waals surface area contributed by atoms with Gasteiger partial charge in [0.25, 0.3) is 5.91 Å². The first-order valence-corrected chi connectivity index (χ1v) is 6.03. The predicted molar refractivity (Wildman–Crippen MR) is 73.8 cm³/mol. The minimum atomic E-state index is -0.617. The summed E-state index contributed by atoms with van der Waals surface area (Å²) in [5, 5.41) is 11.1. The molecule has 0 aromatic carbocycles. The van der Waals surface area contributed by atoms with E-state index in [-0.39, 0.29) is 18.2 Å². The third kappa shape index (κ3) is 4.37. The minimum absolute atomic E-state index is 0.191. The number of carbonyl (C=O) groups is 2. The first-order valence-electron chi connectivity index (χ1n) is 6.03. The van der Waals surface area contributed by atoms with Gasteiger partial charge in [0.1, 0.15) is 18.3 Å². The summed E-state index contributed by atoms with van der Waals surface area (Å²) in [6, 6.07) is 2.53. The number of hydrogen-bond acceptors (Lipinski definition) is 4. The fourth-order valence-corrected chi connectivity index (χ4v) is 1.46. The molecule has 6 nitrogen and oxygen atoms in total. The molecule has 0 aliphatic heterocycles. The molecule has 0 spiro atoms. The van der Waals surface area contributed by atoms with Crippen LogP contribution in [0.3, 0.4) is 0 Å². The van der Waals surface area contributed by atoms with Crippen LogP contribution >= 0.6 is 0 Å². The fraction of sp³-hybridized carbons (Fsp3) is 0.357. The van der Waals surface area contributed by atoms with Crippen LogP contribution in [0.15, 0.2) is 18.3 Å². The summed E-state index contributed by atoms with van der Waals surface area (Å²) in [5.74, 6) is 4.55. The zero-order valence-electron chi connectivity index (χ0n) is 11.7. The molecule has 1 aromatic heterocycles. The standard InChI is InChI=1S/C14H17N3O3/c1-10(14(20)17(2)3)16-13(19)12-7-6-11(9-15-12)5-4-8-18/h6-7,9-10,18H,8H2,1-3H3,(H,16,19). The van der Waals surface area contributed by atoms with Gasteiger partial charge in [0.15, 0.2) is 0 Å². The highest BCUT2D eigenvalue weighted by atomic mass is 16.2. The second kappa shape index (κ2) is 7.26. The Kier molecular flexibility index (Phi) is 5.69. The number of nitrogens with zero attached hydrogens (tertiary/aromatic N) is 2. The van der Waals surface area contributed by atoms with Gasteiger partial charge in [-0.15, -0.1) is 0 Å². The molecule has 1 rings (SSSR count). The van der Waals surface area contributed by atoms with Crippen molar-refractivity contribution >= 4 is 11.8 Å². The molecular weight excluding hydrogens is 258 g/mol. The van der Waals surface area contributed by atoms with Crippen LogP contribution in [0.4, 0.5) is 0 Å². The molecule has 106 valence electrons. The molecule has 0 saturated heterocycles. The molecule has 1 unspecified atom stereocenters. The van der Waals surface area contributed by atoms with E-state index < -0.39 is 11.9 Å². The van der Waals surface area contributed by atoms with Crippen LogP contribution in [0.1, 0.15) is 23.0 Å². The van der Waals surface area contributed by atoms with E-state index in [1.165, 1.54) is 17.2 Å². The highest BCUT2D eigenvalue weighted by molar-refractivity contribution is 5.95. The van der Waals surface area contributed by atoms with Gasteiger partial charge in [-0.3, -0.25) is 9.59 Å². The molecule has 2 amide bonds. The largest absolute Gasteiger partial charge is 0.384 e. The monoisotopic (exact) mass is 275 g/mol. The van der Waals surface area contributed by atoms with E-state index in [0.717, 1.165) is 0 Å². The lowest BCUT2D eigenvalue weighted by Crippen LogP contribution is -2.44. The summed E-state index contributed by atoms with van der Waals surface area (Å²) >= 11 is 0. The van der Waals surface area contributed by atoms with Gasteiger partial charge in [0, 0.05) is 25.9 Å². The Labute approximate surface area is 117 Å². The molecule has 1 aromatic rings. The molecule has 1 heterocycles. The fourth-order valence-electron chi connectivity index (χ4n) is 1.46. The van der Waals surface area contributed by atoms with Crippen molar-refractivity contribution in [2.45, 2.75) is 13.0 Å². The van der Waals surface area contributed by atoms with Crippen molar-refractivity contribution in [3.05, 3.63) is 29.6 Å². The van der Waals surface area contributed by atoms with Crippen molar-refractivity contribution < 1.29 is 14.7 Å². The minimum Gasteiger partial charge on any atom is -0.384 e. The van der Waals surface area contributed by atoms with Gasteiger partial charge in [0.05, 0.1) is 0 Å². The normalized spacial score (nSPS) is 11.0. The first kappa shape index (κ1) is 15.7. The maximum Gasteiger partial charge on any atom is 0.270 e. The molecular formula is C14H17N3O3. The molecule has 1 atom stereocenters. The van der Waals surface area contributed by atoms with Crippen LogP contribution < -0.4 is 5.32 Å². The van der Waals surface area contributed by atoms with Crippen LogP contribution in [0.5, 0.6) is 0 Å². The summed E-state index contributed by atoms with van der Waals surface area (Å²) in [6.07, 6.45) is 1.44. The van der Waals surface area contributed by atoms with Gasteiger partial charge in [-0.1, -0.05) is 11.8 Å². The van der Waals surface area contributed by atoms with Gasteiger partial charge >= 0.3 is 0 Å². The average molecular weight is 275 g/mol. The van der Waals surface area contributed by atoms with Crippen LogP contribution in [0, 0.1) is 11.8 Å². The third-order valence-corrected chi connectivity index (χ3v) is 2.47. The van der Waals surface area contributed by atoms with Crippen LogP contribution in [-0.2, 0) is 4.79 Å². The molecule has 2 N–H and O–H groups in total. The van der Waals surface area contributed by atoms with Gasteiger partial charge in [-0.25, -0.2) is 4.98 Å². The predicted octanol–water partition coefficient (Wildman–Crippen LogP) is -0.368. The number of nitrogens with one attached hydrogen (secondary N) is 1. The van der Waals surface area contributed by atoms with Crippen molar-refractivity contribution in [3.8, 4) is 11.8 Å². The van der Waals surface area contributed by atoms with Crippen molar-refractivity contribution in [3.63, 3.8) is 0 Å². The molecule has 0 bridgehead atoms. The molecule has 0 radical (unpaired) electrons. The Morgan fingerprint density at radius 1 is 1.45 bits per heavy atom. The van der Waals surface area contributed by atoms with E-state index in [1.807, 2.05) is 0 Å². The zero-order valence-corrected chi connectivity index (χ0v) is 11.7. The van der Waals surface area contributed by atoms with E-state index in [0.29, 0.717) is 5.56 Å². The molecule has 0 fully saturated rings. The molecule has 0 aliphatic carbocycles. The van der Waals surface area contributed by atoms with Gasteiger partial charge in [-0.05, 0) is 19.1 Å². The van der Waals surface area contributed by atoms with E-state index in [2.05, 4.69) is 22.1 Å². The van der Waals surface area contributed by atoms with Crippen molar-refractivity contribution in [2.75, 3.05) is 20.7 Å². The van der Waals surface area contributed by atoms with E-state index in [1.54, 1.807) is 27.1 Å². The van der Waals surface area contributed by atoms with E-state index >= 15 is 0 Å². The van der Waals surface area contributed by atoms with Gasteiger partial charge in [-0.2, -0.15) is 0 Å². The topological polar surface area (TPSA) is 82.5 Å². The maximum atomic E-state index is 11.9. The summed E-state index contributed by atoms with van der Waals surface area (Å²) in [7, 11) is 3.25.